The molecule has 0 unspecified atom stereocenters. The number of methoxy groups -OCH3 is 1. The molecule has 6 nitrogen and oxygen atoms in total. The molecule has 2 rings (SSSR count). The number of hydrogen-bond donors (Lipinski definition) is 1. The quantitative estimate of drug-likeness (QED) is 0.429. The minimum Gasteiger partial charge on any atom is -0.449 e. The molecule has 1 saturated carbocycles. The molecular weight excluding hydrogens is 344 g/mol. The largest absolute Gasteiger partial charge is 0.449 e. The van der Waals surface area contributed by atoms with Crippen LogP contribution in [0, 0.1) is 13.8 Å². The van der Waals surface area contributed by atoms with Gasteiger partial charge in [0.25, 0.3) is 5.91 Å². The molecule has 1 fully saturated rings. The number of nitrogens with zero attached hydrogens (tertiary/aromatic N) is 1. The SMILES string of the molecule is COCCNC(=O)[C@@H](C)OC(=O)/C=C/c1cc(C)n(C2CCCCC2)c1C. The number of aryl methyl sites for hydroxylation is 1. The van der Waals surface area contributed by atoms with Crippen LogP contribution in [0.5, 0.6) is 0 Å². The fourth-order valence-electron chi connectivity index (χ4n) is 3.72. The smallest absolute Gasteiger partial charge is 0.331 e. The third-order valence-electron chi connectivity index (χ3n) is 5.13. The second kappa shape index (κ2) is 10.3. The van der Waals surface area contributed by atoms with Gasteiger partial charge in [0.1, 0.15) is 0 Å². The summed E-state index contributed by atoms with van der Waals surface area (Å²) >= 11 is 0. The molecule has 1 aliphatic rings. The molecule has 1 aliphatic carbocycles. The van der Waals surface area contributed by atoms with Crippen LogP contribution < -0.4 is 5.32 Å². The molecule has 0 aromatic carbocycles. The molecule has 0 radical (unpaired) electrons. The minimum absolute atomic E-state index is 0.329. The molecule has 1 aromatic heterocycles. The summed E-state index contributed by atoms with van der Waals surface area (Å²) in [5, 5.41) is 2.65. The molecule has 0 bridgehead atoms. The first-order valence-electron chi connectivity index (χ1n) is 9.77. The number of rotatable bonds is 8. The lowest BCUT2D eigenvalue weighted by molar-refractivity contribution is -0.150. The van der Waals surface area contributed by atoms with E-state index in [1.54, 1.807) is 20.1 Å². The van der Waals surface area contributed by atoms with E-state index in [4.69, 9.17) is 9.47 Å². The standard InChI is InChI=1S/C21H32N2O4/c1-15-14-18(16(2)23(15)19-8-6-5-7-9-19)10-11-20(24)27-17(3)21(25)22-12-13-26-4/h10-11,14,17,19H,5-9,12-13H2,1-4H3,(H,22,25)/b11-10+/t17-/m1/s1. The number of aromatic nitrogens is 1. The Kier molecular flexibility index (Phi) is 8.10. The van der Waals surface area contributed by atoms with Gasteiger partial charge in [0, 0.05) is 37.2 Å². The zero-order valence-corrected chi connectivity index (χ0v) is 16.9. The van der Waals surface area contributed by atoms with Gasteiger partial charge < -0.3 is 19.4 Å². The van der Waals surface area contributed by atoms with Crippen molar-refractivity contribution in [3.05, 3.63) is 29.1 Å². The lowest BCUT2D eigenvalue weighted by atomic mass is 9.95. The van der Waals surface area contributed by atoms with Gasteiger partial charge >= 0.3 is 5.97 Å². The summed E-state index contributed by atoms with van der Waals surface area (Å²) in [4.78, 5) is 23.9. The van der Waals surface area contributed by atoms with Gasteiger partial charge in [0.2, 0.25) is 0 Å². The van der Waals surface area contributed by atoms with E-state index in [1.165, 1.54) is 49.6 Å². The summed E-state index contributed by atoms with van der Waals surface area (Å²) in [6.07, 6.45) is 8.66. The molecule has 1 aromatic rings. The van der Waals surface area contributed by atoms with Crippen LogP contribution in [-0.2, 0) is 19.1 Å². The van der Waals surface area contributed by atoms with Crippen LogP contribution in [-0.4, -0.2) is 42.8 Å². The van der Waals surface area contributed by atoms with Crippen molar-refractivity contribution in [3.63, 3.8) is 0 Å². The van der Waals surface area contributed by atoms with Crippen LogP contribution in [0.25, 0.3) is 6.08 Å². The second-order valence-corrected chi connectivity index (χ2v) is 7.18. The first-order valence-corrected chi connectivity index (χ1v) is 9.77. The van der Waals surface area contributed by atoms with E-state index >= 15 is 0 Å². The highest BCUT2D eigenvalue weighted by Gasteiger charge is 2.20. The first-order chi connectivity index (χ1) is 12.9. The fraction of sp³-hybridized carbons (Fsp3) is 0.619. The van der Waals surface area contributed by atoms with Crippen molar-refractivity contribution in [2.75, 3.05) is 20.3 Å². The van der Waals surface area contributed by atoms with Crippen LogP contribution in [0.15, 0.2) is 12.1 Å². The normalized spacial score (nSPS) is 16.4. The van der Waals surface area contributed by atoms with Crippen LogP contribution in [0.2, 0.25) is 0 Å². The molecule has 1 heterocycles. The Bertz CT molecular complexity index is 672. The summed E-state index contributed by atoms with van der Waals surface area (Å²) in [7, 11) is 1.56. The van der Waals surface area contributed by atoms with Crippen molar-refractivity contribution in [2.24, 2.45) is 0 Å². The van der Waals surface area contributed by atoms with Crippen LogP contribution in [0.1, 0.15) is 62.0 Å². The lowest BCUT2D eigenvalue weighted by Gasteiger charge is -2.26. The van der Waals surface area contributed by atoms with Crippen LogP contribution >= 0.6 is 0 Å². The van der Waals surface area contributed by atoms with Crippen molar-refractivity contribution in [2.45, 2.75) is 65.0 Å². The predicted molar refractivity (Wildman–Crippen MR) is 106 cm³/mol. The molecule has 150 valence electrons. The Morgan fingerprint density at radius 2 is 2.00 bits per heavy atom. The molecule has 27 heavy (non-hydrogen) atoms. The van der Waals surface area contributed by atoms with E-state index in [9.17, 15) is 9.59 Å². The highest BCUT2D eigenvalue weighted by atomic mass is 16.5. The number of ether oxygens (including phenoxy) is 2. The topological polar surface area (TPSA) is 69.6 Å². The number of carbonyl (C=O) groups excluding carboxylic acids is 2. The molecular formula is C21H32N2O4. The molecule has 1 amide bonds. The van der Waals surface area contributed by atoms with Crippen LogP contribution in [0.3, 0.4) is 0 Å². The van der Waals surface area contributed by atoms with E-state index < -0.39 is 12.1 Å². The summed E-state index contributed by atoms with van der Waals surface area (Å²) in [5.41, 5.74) is 3.42. The maximum absolute atomic E-state index is 12.0. The van der Waals surface area contributed by atoms with Gasteiger partial charge in [-0.05, 0) is 51.3 Å². The highest BCUT2D eigenvalue weighted by Crippen LogP contribution is 2.32. The Labute approximate surface area is 161 Å². The molecule has 1 atom stereocenters. The second-order valence-electron chi connectivity index (χ2n) is 7.18. The maximum Gasteiger partial charge on any atom is 0.331 e. The lowest BCUT2D eigenvalue weighted by Crippen LogP contribution is -2.37. The third kappa shape index (κ3) is 5.96. The molecule has 0 spiro atoms. The van der Waals surface area contributed by atoms with Crippen molar-refractivity contribution < 1.29 is 19.1 Å². The summed E-state index contributed by atoms with van der Waals surface area (Å²) < 4.78 is 12.4. The van der Waals surface area contributed by atoms with Gasteiger partial charge in [-0.3, -0.25) is 4.79 Å². The molecule has 0 saturated heterocycles. The van der Waals surface area contributed by atoms with E-state index in [-0.39, 0.29) is 5.91 Å². The summed E-state index contributed by atoms with van der Waals surface area (Å²) in [5.74, 6) is -0.851. The van der Waals surface area contributed by atoms with Crippen molar-refractivity contribution in [1.29, 1.82) is 0 Å². The van der Waals surface area contributed by atoms with Gasteiger partial charge in [-0.25, -0.2) is 4.79 Å². The minimum atomic E-state index is -0.839. The number of amides is 1. The third-order valence-corrected chi connectivity index (χ3v) is 5.13. The number of hydrogen-bond acceptors (Lipinski definition) is 4. The Balaban J connectivity index is 1.95. The van der Waals surface area contributed by atoms with Crippen molar-refractivity contribution in [1.82, 2.24) is 9.88 Å². The van der Waals surface area contributed by atoms with E-state index in [2.05, 4.69) is 29.8 Å². The Morgan fingerprint density at radius 1 is 1.30 bits per heavy atom. The average Bonchev–Trinajstić information content (AvgIpc) is 2.94. The predicted octanol–water partition coefficient (Wildman–Crippen LogP) is 3.32. The van der Waals surface area contributed by atoms with E-state index in [1.807, 2.05) is 0 Å². The highest BCUT2D eigenvalue weighted by molar-refractivity contribution is 5.90. The molecule has 1 N–H and O–H groups in total. The zero-order valence-electron chi connectivity index (χ0n) is 16.9. The first kappa shape index (κ1) is 21.2. The fourth-order valence-corrected chi connectivity index (χ4v) is 3.72. The van der Waals surface area contributed by atoms with Crippen molar-refractivity contribution >= 4 is 18.0 Å². The Hall–Kier alpha value is -2.08. The monoisotopic (exact) mass is 376 g/mol. The van der Waals surface area contributed by atoms with Gasteiger partial charge in [0.05, 0.1) is 6.61 Å². The van der Waals surface area contributed by atoms with E-state index in [0.29, 0.717) is 19.2 Å². The van der Waals surface area contributed by atoms with Gasteiger partial charge in [-0.15, -0.1) is 0 Å². The van der Waals surface area contributed by atoms with Crippen molar-refractivity contribution in [3.8, 4) is 0 Å². The number of carbonyl (C=O) groups is 2. The average molecular weight is 376 g/mol. The number of nitrogens with one attached hydrogen (secondary N) is 1. The zero-order chi connectivity index (χ0) is 19.8. The Morgan fingerprint density at radius 3 is 2.67 bits per heavy atom. The van der Waals surface area contributed by atoms with Gasteiger partial charge in [0.15, 0.2) is 6.10 Å². The van der Waals surface area contributed by atoms with Crippen LogP contribution in [0.4, 0.5) is 0 Å². The van der Waals surface area contributed by atoms with E-state index in [0.717, 1.165) is 5.56 Å². The summed E-state index contributed by atoms with van der Waals surface area (Å²) in [6.45, 7) is 6.58. The van der Waals surface area contributed by atoms with Gasteiger partial charge in [-0.1, -0.05) is 19.3 Å². The maximum atomic E-state index is 12.0. The van der Waals surface area contributed by atoms with Gasteiger partial charge in [-0.2, -0.15) is 0 Å². The number of esters is 1. The summed E-state index contributed by atoms with van der Waals surface area (Å²) in [6, 6.07) is 2.66. The molecule has 0 aliphatic heterocycles. The molecule has 6 heteroatoms.